The number of hydrogen-bond donors (Lipinski definition) is 3. The number of alkyl carbamates (subject to hydrolysis) is 1. The van der Waals surface area contributed by atoms with Crippen LogP contribution in [0.4, 0.5) is 19.5 Å². The largest absolute Gasteiger partial charge is 0.504 e. The molecule has 0 spiro atoms. The van der Waals surface area contributed by atoms with E-state index in [0.29, 0.717) is 0 Å². The van der Waals surface area contributed by atoms with E-state index in [4.69, 9.17) is 10.5 Å². The number of amides is 2. The summed E-state index contributed by atoms with van der Waals surface area (Å²) < 4.78 is 33.6. The summed E-state index contributed by atoms with van der Waals surface area (Å²) >= 11 is 0. The third-order valence-electron chi connectivity index (χ3n) is 4.65. The molecule has 1 aliphatic rings. The highest BCUT2D eigenvalue weighted by Crippen LogP contribution is 2.32. The van der Waals surface area contributed by atoms with E-state index in [-0.39, 0.29) is 30.3 Å². The zero-order valence-electron chi connectivity index (χ0n) is 17.2. The summed E-state index contributed by atoms with van der Waals surface area (Å²) in [4.78, 5) is 33.4. The molecule has 9 nitrogen and oxygen atoms in total. The van der Waals surface area contributed by atoms with Crippen LogP contribution in [0, 0.1) is 11.6 Å². The van der Waals surface area contributed by atoms with Gasteiger partial charge in [0.1, 0.15) is 17.2 Å². The Morgan fingerprint density at radius 2 is 2.00 bits per heavy atom. The second-order valence-corrected chi connectivity index (χ2v) is 8.20. The number of nitrogens with zero attached hydrogens (tertiary/aromatic N) is 3. The van der Waals surface area contributed by atoms with Crippen molar-refractivity contribution in [3.8, 4) is 5.75 Å². The summed E-state index contributed by atoms with van der Waals surface area (Å²) in [7, 11) is 0. The number of primary amides is 1. The summed E-state index contributed by atoms with van der Waals surface area (Å²) in [6, 6.07) is 2.41. The highest BCUT2D eigenvalue weighted by molar-refractivity contribution is 5.93. The fourth-order valence-corrected chi connectivity index (χ4v) is 3.39. The lowest BCUT2D eigenvalue weighted by Crippen LogP contribution is -2.43. The van der Waals surface area contributed by atoms with Gasteiger partial charge in [0, 0.05) is 19.0 Å². The Bertz CT molecular complexity index is 1010. The van der Waals surface area contributed by atoms with Crippen LogP contribution >= 0.6 is 0 Å². The van der Waals surface area contributed by atoms with Crippen molar-refractivity contribution >= 4 is 17.9 Å². The monoisotopic (exact) mass is 435 g/mol. The van der Waals surface area contributed by atoms with Gasteiger partial charge in [-0.3, -0.25) is 4.79 Å². The van der Waals surface area contributed by atoms with E-state index in [1.54, 1.807) is 25.7 Å². The van der Waals surface area contributed by atoms with Gasteiger partial charge in [-0.2, -0.15) is 0 Å². The van der Waals surface area contributed by atoms with Crippen molar-refractivity contribution in [3.63, 3.8) is 0 Å². The highest BCUT2D eigenvalue weighted by atomic mass is 19.1. The van der Waals surface area contributed by atoms with E-state index < -0.39 is 46.9 Å². The number of carbonyl (C=O) groups excluding carboxylic acids is 2. The van der Waals surface area contributed by atoms with E-state index >= 15 is 0 Å². The van der Waals surface area contributed by atoms with Crippen LogP contribution in [0.5, 0.6) is 5.75 Å². The lowest BCUT2D eigenvalue weighted by atomic mass is 9.94. The molecule has 1 aromatic carbocycles. The molecule has 31 heavy (non-hydrogen) atoms. The molecular formula is C20H23F2N5O4. The Balaban J connectivity index is 1.93. The molecule has 2 amide bonds. The summed E-state index contributed by atoms with van der Waals surface area (Å²) in [5, 5.41) is 12.4. The van der Waals surface area contributed by atoms with Crippen LogP contribution in [0.25, 0.3) is 0 Å². The quantitative estimate of drug-likeness (QED) is 0.670. The van der Waals surface area contributed by atoms with Crippen molar-refractivity contribution in [2.24, 2.45) is 5.73 Å². The number of halogens is 2. The number of benzene rings is 1. The molecule has 2 atom stereocenters. The SMILES string of the molecule is CC(C)(C)OC(=O)N[C@H]1CN(c2ncc(O)c(C(N)=O)n2)C[C@@H]1c1cc(F)ccc1F. The Labute approximate surface area is 177 Å². The fraction of sp³-hybridized carbons (Fsp3) is 0.400. The maximum absolute atomic E-state index is 14.5. The zero-order valence-corrected chi connectivity index (χ0v) is 17.2. The van der Waals surface area contributed by atoms with Gasteiger partial charge in [0.25, 0.3) is 5.91 Å². The van der Waals surface area contributed by atoms with Crippen molar-refractivity contribution in [1.29, 1.82) is 0 Å². The molecule has 4 N–H and O–H groups in total. The molecule has 166 valence electrons. The first-order valence-corrected chi connectivity index (χ1v) is 9.50. The van der Waals surface area contributed by atoms with Gasteiger partial charge in [0.05, 0.1) is 12.2 Å². The number of aromatic hydroxyl groups is 1. The van der Waals surface area contributed by atoms with Crippen molar-refractivity contribution < 1.29 is 28.2 Å². The van der Waals surface area contributed by atoms with Crippen molar-refractivity contribution in [3.05, 3.63) is 47.3 Å². The van der Waals surface area contributed by atoms with Crippen molar-refractivity contribution in [2.45, 2.75) is 38.3 Å². The normalized spacial score (nSPS) is 18.7. The molecule has 1 aliphatic heterocycles. The molecule has 11 heteroatoms. The minimum absolute atomic E-state index is 0.0434. The Morgan fingerprint density at radius 3 is 2.65 bits per heavy atom. The zero-order chi connectivity index (χ0) is 22.9. The number of anilines is 1. The third kappa shape index (κ3) is 5.16. The maximum Gasteiger partial charge on any atom is 0.407 e. The smallest absolute Gasteiger partial charge is 0.407 e. The van der Waals surface area contributed by atoms with Crippen LogP contribution in [-0.4, -0.2) is 51.8 Å². The topological polar surface area (TPSA) is 131 Å². The minimum Gasteiger partial charge on any atom is -0.504 e. The number of nitrogens with two attached hydrogens (primary N) is 1. The lowest BCUT2D eigenvalue weighted by molar-refractivity contribution is 0.0504. The predicted molar refractivity (Wildman–Crippen MR) is 107 cm³/mol. The molecule has 0 saturated carbocycles. The number of carbonyl (C=O) groups is 2. The first kappa shape index (κ1) is 22.2. The van der Waals surface area contributed by atoms with Gasteiger partial charge in [0.15, 0.2) is 11.4 Å². The molecule has 0 aliphatic carbocycles. The molecule has 2 aromatic rings. The van der Waals surface area contributed by atoms with Crippen LogP contribution in [0.15, 0.2) is 24.4 Å². The number of rotatable bonds is 4. The molecule has 0 unspecified atom stereocenters. The van der Waals surface area contributed by atoms with E-state index in [1.165, 1.54) is 0 Å². The van der Waals surface area contributed by atoms with Crippen molar-refractivity contribution in [1.82, 2.24) is 15.3 Å². The predicted octanol–water partition coefficient (Wildman–Crippen LogP) is 2.06. The Morgan fingerprint density at radius 1 is 1.29 bits per heavy atom. The number of hydrogen-bond acceptors (Lipinski definition) is 7. The average molecular weight is 435 g/mol. The van der Waals surface area contributed by atoms with Crippen molar-refractivity contribution in [2.75, 3.05) is 18.0 Å². The van der Waals surface area contributed by atoms with E-state index in [1.807, 2.05) is 0 Å². The Kier molecular flexibility index (Phi) is 5.96. The minimum atomic E-state index is -0.948. The standard InChI is InChI=1S/C20H23F2N5O4/c1-20(2,3)31-19(30)25-14-9-27(18-24-7-15(28)16(26-18)17(23)29)8-12(14)11-6-10(21)4-5-13(11)22/h4-7,12,14,28H,8-9H2,1-3H3,(H2,23,29)(H,25,30)/t12-,14+/m1/s1. The molecule has 1 aromatic heterocycles. The summed E-state index contributed by atoms with van der Waals surface area (Å²) in [5.41, 5.74) is 4.16. The summed E-state index contributed by atoms with van der Waals surface area (Å²) in [6.07, 6.45) is 0.306. The van der Waals surface area contributed by atoms with E-state index in [0.717, 1.165) is 24.4 Å². The molecule has 3 rings (SSSR count). The number of nitrogens with one attached hydrogen (secondary N) is 1. The number of ether oxygens (including phenoxy) is 1. The average Bonchev–Trinajstić information content (AvgIpc) is 3.05. The van der Waals surface area contributed by atoms with E-state index in [2.05, 4.69) is 15.3 Å². The van der Waals surface area contributed by atoms with Gasteiger partial charge in [-0.05, 0) is 44.5 Å². The second kappa shape index (κ2) is 8.32. The first-order valence-electron chi connectivity index (χ1n) is 9.50. The van der Waals surface area contributed by atoms with Crippen LogP contribution in [-0.2, 0) is 4.74 Å². The molecule has 0 radical (unpaired) electrons. The molecular weight excluding hydrogens is 412 g/mol. The maximum atomic E-state index is 14.5. The van der Waals surface area contributed by atoms with E-state index in [9.17, 15) is 23.5 Å². The molecule has 1 fully saturated rings. The highest BCUT2D eigenvalue weighted by Gasteiger charge is 2.38. The van der Waals surface area contributed by atoms with Crippen LogP contribution < -0.4 is 16.0 Å². The molecule has 2 heterocycles. The van der Waals surface area contributed by atoms with Crippen LogP contribution in [0.2, 0.25) is 0 Å². The van der Waals surface area contributed by atoms with Crippen LogP contribution in [0.1, 0.15) is 42.7 Å². The Hall–Kier alpha value is -3.50. The molecule has 0 bridgehead atoms. The van der Waals surface area contributed by atoms with Gasteiger partial charge in [-0.15, -0.1) is 0 Å². The van der Waals surface area contributed by atoms with Gasteiger partial charge < -0.3 is 25.8 Å². The summed E-state index contributed by atoms with van der Waals surface area (Å²) in [6.45, 7) is 5.32. The third-order valence-corrected chi connectivity index (χ3v) is 4.65. The lowest BCUT2D eigenvalue weighted by Gasteiger charge is -2.24. The van der Waals surface area contributed by atoms with Crippen LogP contribution in [0.3, 0.4) is 0 Å². The molecule has 1 saturated heterocycles. The fourth-order valence-electron chi connectivity index (χ4n) is 3.39. The van der Waals surface area contributed by atoms with Gasteiger partial charge in [0.2, 0.25) is 5.95 Å². The van der Waals surface area contributed by atoms with Gasteiger partial charge >= 0.3 is 6.09 Å². The summed E-state index contributed by atoms with van der Waals surface area (Å²) in [5.74, 6) is -3.31. The second-order valence-electron chi connectivity index (χ2n) is 8.20. The number of aromatic nitrogens is 2. The van der Waals surface area contributed by atoms with Gasteiger partial charge in [-0.1, -0.05) is 0 Å². The first-order chi connectivity index (χ1) is 14.4. The van der Waals surface area contributed by atoms with Gasteiger partial charge in [-0.25, -0.2) is 23.5 Å².